The van der Waals surface area contributed by atoms with Gasteiger partial charge in [0.15, 0.2) is 0 Å². The van der Waals surface area contributed by atoms with Crippen molar-refractivity contribution in [3.05, 3.63) is 64.7 Å². The van der Waals surface area contributed by atoms with Crippen LogP contribution in [-0.4, -0.2) is 36.9 Å². The summed E-state index contributed by atoms with van der Waals surface area (Å²) in [6.07, 6.45) is 0. The lowest BCUT2D eigenvalue weighted by Crippen LogP contribution is -2.37. The van der Waals surface area contributed by atoms with Crippen molar-refractivity contribution in [1.29, 1.82) is 0 Å². The van der Waals surface area contributed by atoms with E-state index in [1.165, 1.54) is 14.0 Å². The Hall–Kier alpha value is -2.53. The zero-order valence-electron chi connectivity index (χ0n) is 14.3. The highest BCUT2D eigenvalue weighted by atomic mass is 35.5. The molecule has 5 nitrogen and oxygen atoms in total. The molecule has 0 atom stereocenters. The van der Waals surface area contributed by atoms with Crippen molar-refractivity contribution in [2.75, 3.05) is 20.2 Å². The second-order valence-electron chi connectivity index (χ2n) is 5.52. The molecule has 2 amide bonds. The number of rotatable bonds is 7. The van der Waals surface area contributed by atoms with Crippen molar-refractivity contribution in [3.63, 3.8) is 0 Å². The van der Waals surface area contributed by atoms with Crippen molar-refractivity contribution in [2.45, 2.75) is 13.5 Å². The largest absolute Gasteiger partial charge is 0.496 e. The van der Waals surface area contributed by atoms with Crippen molar-refractivity contribution in [3.8, 4) is 5.75 Å². The van der Waals surface area contributed by atoms with Crippen molar-refractivity contribution in [1.82, 2.24) is 10.2 Å². The molecule has 2 rings (SSSR count). The average molecular weight is 361 g/mol. The Labute approximate surface area is 152 Å². The summed E-state index contributed by atoms with van der Waals surface area (Å²) in [5.41, 5.74) is 1.45. The number of carbonyl (C=O) groups is 2. The number of carbonyl (C=O) groups excluding carboxylic acids is 2. The van der Waals surface area contributed by atoms with Crippen LogP contribution in [-0.2, 0) is 11.3 Å². The fraction of sp³-hybridized carbons (Fsp3) is 0.263. The lowest BCUT2D eigenvalue weighted by Gasteiger charge is -2.21. The van der Waals surface area contributed by atoms with Crippen molar-refractivity contribution >= 4 is 23.4 Å². The van der Waals surface area contributed by atoms with Gasteiger partial charge in [-0.1, -0.05) is 35.9 Å². The highest BCUT2D eigenvalue weighted by Gasteiger charge is 2.13. The second-order valence-corrected chi connectivity index (χ2v) is 5.96. The van der Waals surface area contributed by atoms with Crippen LogP contribution >= 0.6 is 11.6 Å². The van der Waals surface area contributed by atoms with Crippen LogP contribution in [0.15, 0.2) is 48.5 Å². The molecule has 0 heterocycles. The monoisotopic (exact) mass is 360 g/mol. The number of ether oxygens (including phenoxy) is 1. The first-order chi connectivity index (χ1) is 12.0. The molecule has 2 aromatic rings. The van der Waals surface area contributed by atoms with E-state index in [2.05, 4.69) is 5.32 Å². The van der Waals surface area contributed by atoms with Crippen LogP contribution < -0.4 is 10.1 Å². The van der Waals surface area contributed by atoms with Crippen LogP contribution in [0.2, 0.25) is 5.02 Å². The molecule has 132 valence electrons. The van der Waals surface area contributed by atoms with Crippen LogP contribution in [0.5, 0.6) is 5.75 Å². The average Bonchev–Trinajstić information content (AvgIpc) is 2.62. The number of nitrogens with one attached hydrogen (secondary N) is 1. The van der Waals surface area contributed by atoms with Gasteiger partial charge in [-0.15, -0.1) is 0 Å². The van der Waals surface area contributed by atoms with E-state index in [4.69, 9.17) is 16.3 Å². The number of hydrogen-bond donors (Lipinski definition) is 1. The summed E-state index contributed by atoms with van der Waals surface area (Å²) in [6.45, 7) is 2.75. The third-order valence-corrected chi connectivity index (χ3v) is 4.00. The predicted molar refractivity (Wildman–Crippen MR) is 97.9 cm³/mol. The molecule has 2 aromatic carbocycles. The van der Waals surface area contributed by atoms with Gasteiger partial charge < -0.3 is 15.0 Å². The normalized spacial score (nSPS) is 10.2. The van der Waals surface area contributed by atoms with Gasteiger partial charge in [-0.05, 0) is 29.8 Å². The van der Waals surface area contributed by atoms with Crippen LogP contribution in [0.4, 0.5) is 0 Å². The van der Waals surface area contributed by atoms with E-state index < -0.39 is 0 Å². The standard InChI is InChI=1S/C19H21ClN2O3/c1-14(23)22(13-15-7-9-16(20)10-8-15)12-11-21-19(24)17-5-3-4-6-18(17)25-2/h3-10H,11-13H2,1-2H3,(H,21,24). The zero-order valence-corrected chi connectivity index (χ0v) is 15.0. The molecule has 1 N–H and O–H groups in total. The third kappa shape index (κ3) is 5.50. The second kappa shape index (κ2) is 9.08. The Morgan fingerprint density at radius 1 is 1.12 bits per heavy atom. The predicted octanol–water partition coefficient (Wildman–Crippen LogP) is 3.13. The van der Waals surface area contributed by atoms with E-state index in [-0.39, 0.29) is 11.8 Å². The topological polar surface area (TPSA) is 58.6 Å². The minimum absolute atomic E-state index is 0.0542. The summed E-state index contributed by atoms with van der Waals surface area (Å²) in [4.78, 5) is 25.8. The number of halogens is 1. The zero-order chi connectivity index (χ0) is 18.2. The van der Waals surface area contributed by atoms with Crippen LogP contribution in [0.1, 0.15) is 22.8 Å². The number of nitrogens with zero attached hydrogens (tertiary/aromatic N) is 1. The first-order valence-corrected chi connectivity index (χ1v) is 8.30. The number of para-hydroxylation sites is 1. The van der Waals surface area contributed by atoms with E-state index in [9.17, 15) is 9.59 Å². The third-order valence-electron chi connectivity index (χ3n) is 3.75. The Bertz CT molecular complexity index is 732. The van der Waals surface area contributed by atoms with Gasteiger partial charge in [0.25, 0.3) is 5.91 Å². The van der Waals surface area contributed by atoms with Gasteiger partial charge in [0.05, 0.1) is 12.7 Å². The molecule has 0 aliphatic heterocycles. The fourth-order valence-corrected chi connectivity index (χ4v) is 2.52. The molecule has 0 aliphatic carbocycles. The summed E-state index contributed by atoms with van der Waals surface area (Å²) in [6, 6.07) is 14.4. The minimum Gasteiger partial charge on any atom is -0.496 e. The Balaban J connectivity index is 1.91. The van der Waals surface area contributed by atoms with E-state index in [0.29, 0.717) is 36.0 Å². The molecule has 0 saturated carbocycles. The van der Waals surface area contributed by atoms with E-state index in [1.807, 2.05) is 12.1 Å². The first-order valence-electron chi connectivity index (χ1n) is 7.92. The molecule has 25 heavy (non-hydrogen) atoms. The van der Waals surface area contributed by atoms with Crippen molar-refractivity contribution < 1.29 is 14.3 Å². The maximum atomic E-state index is 12.3. The van der Waals surface area contributed by atoms with Gasteiger partial charge in [0.2, 0.25) is 5.91 Å². The van der Waals surface area contributed by atoms with Crippen LogP contribution in [0, 0.1) is 0 Å². The number of benzene rings is 2. The quantitative estimate of drug-likeness (QED) is 0.825. The van der Waals surface area contributed by atoms with Crippen LogP contribution in [0.3, 0.4) is 0 Å². The summed E-state index contributed by atoms with van der Waals surface area (Å²) in [7, 11) is 1.52. The minimum atomic E-state index is -0.229. The molecular formula is C19H21ClN2O3. The molecular weight excluding hydrogens is 340 g/mol. The number of methoxy groups -OCH3 is 1. The van der Waals surface area contributed by atoms with E-state index in [1.54, 1.807) is 41.3 Å². The molecule has 0 saturated heterocycles. The van der Waals surface area contributed by atoms with E-state index in [0.717, 1.165) is 5.56 Å². The Morgan fingerprint density at radius 2 is 1.80 bits per heavy atom. The van der Waals surface area contributed by atoms with Crippen molar-refractivity contribution in [2.24, 2.45) is 0 Å². The maximum absolute atomic E-state index is 12.3. The smallest absolute Gasteiger partial charge is 0.255 e. The first kappa shape index (κ1) is 18.8. The summed E-state index contributed by atoms with van der Waals surface area (Å²) in [5.74, 6) is 0.235. The Kier molecular flexibility index (Phi) is 6.83. The van der Waals surface area contributed by atoms with Gasteiger partial charge in [0.1, 0.15) is 5.75 Å². The SMILES string of the molecule is COc1ccccc1C(=O)NCCN(Cc1ccc(Cl)cc1)C(C)=O. The molecule has 0 bridgehead atoms. The molecule has 0 spiro atoms. The molecule has 0 fully saturated rings. The number of amides is 2. The fourth-order valence-electron chi connectivity index (χ4n) is 2.39. The lowest BCUT2D eigenvalue weighted by molar-refractivity contribution is -0.129. The molecule has 0 unspecified atom stereocenters. The molecule has 0 aromatic heterocycles. The van der Waals surface area contributed by atoms with Gasteiger partial charge in [-0.25, -0.2) is 0 Å². The maximum Gasteiger partial charge on any atom is 0.255 e. The molecule has 0 radical (unpaired) electrons. The van der Waals surface area contributed by atoms with Gasteiger partial charge >= 0.3 is 0 Å². The molecule has 6 heteroatoms. The lowest BCUT2D eigenvalue weighted by atomic mass is 10.2. The Morgan fingerprint density at radius 3 is 2.44 bits per heavy atom. The summed E-state index contributed by atoms with van der Waals surface area (Å²) < 4.78 is 5.18. The van der Waals surface area contributed by atoms with Gasteiger partial charge in [-0.2, -0.15) is 0 Å². The van der Waals surface area contributed by atoms with Gasteiger partial charge in [0, 0.05) is 31.6 Å². The summed E-state index contributed by atoms with van der Waals surface area (Å²) in [5, 5.41) is 3.47. The number of hydrogen-bond acceptors (Lipinski definition) is 3. The van der Waals surface area contributed by atoms with Gasteiger partial charge in [-0.3, -0.25) is 9.59 Å². The van der Waals surface area contributed by atoms with Crippen LogP contribution in [0.25, 0.3) is 0 Å². The summed E-state index contributed by atoms with van der Waals surface area (Å²) >= 11 is 5.87. The van der Waals surface area contributed by atoms with E-state index >= 15 is 0 Å². The highest BCUT2D eigenvalue weighted by molar-refractivity contribution is 6.30. The molecule has 0 aliphatic rings. The highest BCUT2D eigenvalue weighted by Crippen LogP contribution is 2.16.